The number of anilines is 1. The summed E-state index contributed by atoms with van der Waals surface area (Å²) < 4.78 is 0. The van der Waals surface area contributed by atoms with Gasteiger partial charge in [0.25, 0.3) is 17.7 Å². The molecule has 27 heavy (non-hydrogen) atoms. The summed E-state index contributed by atoms with van der Waals surface area (Å²) in [7, 11) is 0. The van der Waals surface area contributed by atoms with Crippen molar-refractivity contribution in [3.05, 3.63) is 95.3 Å². The predicted molar refractivity (Wildman–Crippen MR) is 99.3 cm³/mol. The number of fused-ring (bicyclic) bond motifs is 1. The molecule has 6 heteroatoms. The van der Waals surface area contributed by atoms with Crippen molar-refractivity contribution in [1.82, 2.24) is 9.88 Å². The second-order valence-electron chi connectivity index (χ2n) is 6.13. The van der Waals surface area contributed by atoms with Crippen LogP contribution in [0, 0.1) is 0 Å². The van der Waals surface area contributed by atoms with E-state index in [4.69, 9.17) is 0 Å². The van der Waals surface area contributed by atoms with Gasteiger partial charge in [-0.1, -0.05) is 24.3 Å². The number of carbonyl (C=O) groups is 3. The van der Waals surface area contributed by atoms with Crippen molar-refractivity contribution >= 4 is 23.4 Å². The number of nitrogens with one attached hydrogen (secondary N) is 1. The van der Waals surface area contributed by atoms with E-state index in [1.165, 1.54) is 4.90 Å². The molecule has 2 aromatic carbocycles. The number of aromatic nitrogens is 1. The molecular formula is C21H15N3O3. The smallest absolute Gasteiger partial charge is 0.261 e. The Balaban J connectivity index is 1.53. The summed E-state index contributed by atoms with van der Waals surface area (Å²) in [5.41, 5.74) is 2.61. The van der Waals surface area contributed by atoms with Crippen LogP contribution in [0.15, 0.2) is 73.1 Å². The second-order valence-corrected chi connectivity index (χ2v) is 6.13. The number of pyridine rings is 1. The van der Waals surface area contributed by atoms with Gasteiger partial charge in [0.15, 0.2) is 0 Å². The van der Waals surface area contributed by atoms with Gasteiger partial charge < -0.3 is 5.32 Å². The minimum atomic E-state index is -0.317. The van der Waals surface area contributed by atoms with Gasteiger partial charge in [0.05, 0.1) is 17.7 Å². The maximum atomic E-state index is 12.5. The number of hydrogen-bond acceptors (Lipinski definition) is 4. The molecule has 6 nitrogen and oxygen atoms in total. The van der Waals surface area contributed by atoms with Crippen LogP contribution in [0.5, 0.6) is 0 Å². The van der Waals surface area contributed by atoms with Crippen molar-refractivity contribution in [3.8, 4) is 0 Å². The highest BCUT2D eigenvalue weighted by Crippen LogP contribution is 2.24. The van der Waals surface area contributed by atoms with E-state index < -0.39 is 0 Å². The van der Waals surface area contributed by atoms with E-state index in [2.05, 4.69) is 10.3 Å². The van der Waals surface area contributed by atoms with Gasteiger partial charge in [-0.2, -0.15) is 0 Å². The van der Waals surface area contributed by atoms with Crippen LogP contribution in [-0.2, 0) is 6.54 Å². The Morgan fingerprint density at radius 1 is 0.889 bits per heavy atom. The first kappa shape index (κ1) is 16.7. The molecule has 1 aromatic heterocycles. The highest BCUT2D eigenvalue weighted by atomic mass is 16.2. The first-order valence-electron chi connectivity index (χ1n) is 8.39. The van der Waals surface area contributed by atoms with Crippen molar-refractivity contribution < 1.29 is 14.4 Å². The number of benzene rings is 2. The van der Waals surface area contributed by atoms with E-state index in [9.17, 15) is 14.4 Å². The summed E-state index contributed by atoms with van der Waals surface area (Å²) in [5, 5.41) is 2.78. The molecule has 0 bridgehead atoms. The van der Waals surface area contributed by atoms with E-state index in [0.29, 0.717) is 27.9 Å². The molecule has 0 saturated heterocycles. The van der Waals surface area contributed by atoms with Crippen LogP contribution in [0.25, 0.3) is 0 Å². The van der Waals surface area contributed by atoms with Gasteiger partial charge >= 0.3 is 0 Å². The number of carbonyl (C=O) groups excluding carboxylic acids is 3. The number of amides is 3. The summed E-state index contributed by atoms with van der Waals surface area (Å²) in [6.45, 7) is 0.114. The molecule has 1 aliphatic rings. The Kier molecular flexibility index (Phi) is 4.22. The van der Waals surface area contributed by atoms with Gasteiger partial charge in [0.2, 0.25) is 0 Å². The Bertz CT molecular complexity index is 1010. The summed E-state index contributed by atoms with van der Waals surface area (Å²) in [4.78, 5) is 42.5. The average molecular weight is 357 g/mol. The molecule has 1 aliphatic heterocycles. The first-order chi connectivity index (χ1) is 13.1. The van der Waals surface area contributed by atoms with Crippen LogP contribution in [0.3, 0.4) is 0 Å². The topological polar surface area (TPSA) is 79.4 Å². The van der Waals surface area contributed by atoms with Crippen LogP contribution in [0.1, 0.15) is 36.6 Å². The highest BCUT2D eigenvalue weighted by molar-refractivity contribution is 6.21. The number of rotatable bonds is 4. The summed E-state index contributed by atoms with van der Waals surface area (Å²) >= 11 is 0. The van der Waals surface area contributed by atoms with Crippen LogP contribution >= 0.6 is 0 Å². The minimum Gasteiger partial charge on any atom is -0.322 e. The standard InChI is InChI=1S/C21H15N3O3/c25-19(23-16-8-10-22-11-9-16)15-5-3-4-14(12-15)13-24-20(26)17-6-1-2-7-18(17)21(24)27/h1-12H,13H2,(H,22,23,25). The zero-order valence-corrected chi connectivity index (χ0v) is 14.3. The van der Waals surface area contributed by atoms with Crippen molar-refractivity contribution in [1.29, 1.82) is 0 Å². The molecule has 0 fully saturated rings. The SMILES string of the molecule is O=C(Nc1ccncc1)c1cccc(CN2C(=O)c3ccccc3C2=O)c1. The fourth-order valence-corrected chi connectivity index (χ4v) is 3.01. The lowest BCUT2D eigenvalue weighted by atomic mass is 10.1. The molecule has 132 valence electrons. The Morgan fingerprint density at radius 2 is 1.56 bits per heavy atom. The van der Waals surface area contributed by atoms with Gasteiger partial charge in [-0.15, -0.1) is 0 Å². The second kappa shape index (κ2) is 6.84. The molecule has 0 aliphatic carbocycles. The predicted octanol–water partition coefficient (Wildman–Crippen LogP) is 3.13. The van der Waals surface area contributed by atoms with Gasteiger partial charge in [-0.05, 0) is 42.0 Å². The normalized spacial score (nSPS) is 12.8. The Morgan fingerprint density at radius 3 is 2.22 bits per heavy atom. The third-order valence-electron chi connectivity index (χ3n) is 4.35. The van der Waals surface area contributed by atoms with Gasteiger partial charge in [0.1, 0.15) is 0 Å². The van der Waals surface area contributed by atoms with Gasteiger partial charge in [-0.25, -0.2) is 0 Å². The molecule has 0 saturated carbocycles. The van der Waals surface area contributed by atoms with Crippen LogP contribution < -0.4 is 5.32 Å². The summed E-state index contributed by atoms with van der Waals surface area (Å²) in [6.07, 6.45) is 3.18. The number of hydrogen-bond donors (Lipinski definition) is 1. The van der Waals surface area contributed by atoms with E-state index in [1.807, 2.05) is 0 Å². The quantitative estimate of drug-likeness (QED) is 0.728. The molecule has 0 spiro atoms. The third kappa shape index (κ3) is 3.20. The number of nitrogens with zero attached hydrogens (tertiary/aromatic N) is 2. The zero-order valence-electron chi connectivity index (χ0n) is 14.3. The maximum absolute atomic E-state index is 12.5. The van der Waals surface area contributed by atoms with Crippen LogP contribution in [0.4, 0.5) is 5.69 Å². The van der Waals surface area contributed by atoms with E-state index >= 15 is 0 Å². The zero-order chi connectivity index (χ0) is 18.8. The molecule has 3 aromatic rings. The lowest BCUT2D eigenvalue weighted by Gasteiger charge is -2.14. The Hall–Kier alpha value is -3.80. The molecule has 0 radical (unpaired) electrons. The largest absolute Gasteiger partial charge is 0.322 e. The first-order valence-corrected chi connectivity index (χ1v) is 8.39. The lowest BCUT2D eigenvalue weighted by Crippen LogP contribution is -2.29. The molecule has 1 N–H and O–H groups in total. The molecular weight excluding hydrogens is 342 g/mol. The Labute approximate surface area is 155 Å². The fourth-order valence-electron chi connectivity index (χ4n) is 3.01. The average Bonchev–Trinajstić information content (AvgIpc) is 2.94. The van der Waals surface area contributed by atoms with E-state index in [1.54, 1.807) is 73.1 Å². The summed E-state index contributed by atoms with van der Waals surface area (Å²) in [5.74, 6) is -0.908. The van der Waals surface area contributed by atoms with E-state index in [-0.39, 0.29) is 24.3 Å². The van der Waals surface area contributed by atoms with Crippen molar-refractivity contribution in [2.45, 2.75) is 6.54 Å². The maximum Gasteiger partial charge on any atom is 0.261 e. The molecule has 3 amide bonds. The van der Waals surface area contributed by atoms with Crippen molar-refractivity contribution in [2.24, 2.45) is 0 Å². The fraction of sp³-hybridized carbons (Fsp3) is 0.0476. The van der Waals surface area contributed by atoms with E-state index in [0.717, 1.165) is 0 Å². The summed E-state index contributed by atoms with van der Waals surface area (Å²) in [6, 6.07) is 17.0. The molecule has 0 unspecified atom stereocenters. The molecule has 4 rings (SSSR count). The van der Waals surface area contributed by atoms with Gasteiger partial charge in [-0.3, -0.25) is 24.3 Å². The monoisotopic (exact) mass is 357 g/mol. The van der Waals surface area contributed by atoms with Crippen molar-refractivity contribution in [2.75, 3.05) is 5.32 Å². The lowest BCUT2D eigenvalue weighted by molar-refractivity contribution is 0.0642. The van der Waals surface area contributed by atoms with Crippen LogP contribution in [-0.4, -0.2) is 27.6 Å². The number of imide groups is 1. The molecule has 0 atom stereocenters. The molecule has 2 heterocycles. The minimum absolute atomic E-state index is 0.114. The van der Waals surface area contributed by atoms with Gasteiger partial charge in [0, 0.05) is 23.6 Å². The van der Waals surface area contributed by atoms with Crippen LogP contribution in [0.2, 0.25) is 0 Å². The van der Waals surface area contributed by atoms with Crippen molar-refractivity contribution in [3.63, 3.8) is 0 Å². The third-order valence-corrected chi connectivity index (χ3v) is 4.35. The highest BCUT2D eigenvalue weighted by Gasteiger charge is 2.34.